The molecule has 3 heteroatoms. The van der Waals surface area contributed by atoms with Crippen LogP contribution in [0, 0.1) is 5.92 Å². The first-order valence-electron chi connectivity index (χ1n) is 8.42. The van der Waals surface area contributed by atoms with E-state index < -0.39 is 0 Å². The van der Waals surface area contributed by atoms with Crippen LogP contribution in [0.3, 0.4) is 0 Å². The first-order valence-corrected chi connectivity index (χ1v) is 9.24. The summed E-state index contributed by atoms with van der Waals surface area (Å²) in [6.07, 6.45) is 10.4. The van der Waals surface area contributed by atoms with Crippen molar-refractivity contribution < 1.29 is 0 Å². The van der Waals surface area contributed by atoms with E-state index in [9.17, 15) is 0 Å². The van der Waals surface area contributed by atoms with Gasteiger partial charge in [0.2, 0.25) is 0 Å². The number of nitrogens with zero attached hydrogens (tertiary/aromatic N) is 1. The van der Waals surface area contributed by atoms with Crippen LogP contribution in [0.25, 0.3) is 0 Å². The first kappa shape index (κ1) is 14.5. The number of aryl methyl sites for hydroxylation is 2. The molecule has 0 saturated heterocycles. The Morgan fingerprint density at radius 1 is 1.30 bits per heavy atom. The monoisotopic (exact) mass is 292 g/mol. The van der Waals surface area contributed by atoms with Crippen molar-refractivity contribution in [3.05, 3.63) is 15.6 Å². The van der Waals surface area contributed by atoms with Crippen molar-refractivity contribution in [2.75, 3.05) is 0 Å². The molecule has 1 aromatic rings. The van der Waals surface area contributed by atoms with Gasteiger partial charge in [-0.3, -0.25) is 0 Å². The Morgan fingerprint density at radius 2 is 2.10 bits per heavy atom. The van der Waals surface area contributed by atoms with Gasteiger partial charge in [0.1, 0.15) is 5.01 Å². The fourth-order valence-electron chi connectivity index (χ4n) is 4.22. The van der Waals surface area contributed by atoms with E-state index in [0.717, 1.165) is 5.92 Å². The lowest BCUT2D eigenvalue weighted by atomic mass is 9.85. The van der Waals surface area contributed by atoms with Gasteiger partial charge in [-0.2, -0.15) is 0 Å². The van der Waals surface area contributed by atoms with Gasteiger partial charge in [0.25, 0.3) is 0 Å². The number of hydrogen-bond acceptors (Lipinski definition) is 3. The highest BCUT2D eigenvalue weighted by Gasteiger charge is 2.46. The molecule has 1 N–H and O–H groups in total. The first-order chi connectivity index (χ1) is 9.65. The molecule has 2 aliphatic rings. The molecule has 1 fully saturated rings. The Morgan fingerprint density at radius 3 is 2.80 bits per heavy atom. The molecule has 2 nitrogen and oxygen atoms in total. The Labute approximate surface area is 127 Å². The predicted molar refractivity (Wildman–Crippen MR) is 86.3 cm³/mol. The Hall–Kier alpha value is -0.410. The van der Waals surface area contributed by atoms with E-state index >= 15 is 0 Å². The number of hydrogen-bond donors (Lipinski definition) is 1. The standard InChI is InChI=1S/C17H28N2S/c1-4-13-8-7-11-17(13,19-12(2)3)16-18-14-9-5-6-10-15(14)20-16/h12-13,19H,4-11H2,1-3H3. The summed E-state index contributed by atoms with van der Waals surface area (Å²) in [5, 5.41) is 5.33. The molecular formula is C17H28N2S. The minimum absolute atomic E-state index is 0.172. The number of rotatable bonds is 4. The second-order valence-electron chi connectivity index (χ2n) is 6.86. The van der Waals surface area contributed by atoms with Gasteiger partial charge in [-0.25, -0.2) is 4.98 Å². The van der Waals surface area contributed by atoms with Crippen molar-refractivity contribution in [1.29, 1.82) is 0 Å². The molecule has 2 aliphatic carbocycles. The SMILES string of the molecule is CCC1CCCC1(NC(C)C)c1nc2c(s1)CCCC2. The van der Waals surface area contributed by atoms with Crippen molar-refractivity contribution >= 4 is 11.3 Å². The van der Waals surface area contributed by atoms with Crippen LogP contribution in [-0.4, -0.2) is 11.0 Å². The van der Waals surface area contributed by atoms with Crippen LogP contribution in [0.15, 0.2) is 0 Å². The molecule has 0 aliphatic heterocycles. The minimum atomic E-state index is 0.172. The van der Waals surface area contributed by atoms with Crippen LogP contribution in [0.1, 0.15) is 74.9 Å². The highest BCUT2D eigenvalue weighted by atomic mass is 32.1. The van der Waals surface area contributed by atoms with Gasteiger partial charge in [-0.1, -0.05) is 19.8 Å². The van der Waals surface area contributed by atoms with Gasteiger partial charge in [-0.05, 0) is 58.3 Å². The van der Waals surface area contributed by atoms with E-state index in [-0.39, 0.29) is 5.54 Å². The van der Waals surface area contributed by atoms with E-state index in [2.05, 4.69) is 26.1 Å². The predicted octanol–water partition coefficient (Wildman–Crippen LogP) is 4.43. The van der Waals surface area contributed by atoms with Gasteiger partial charge >= 0.3 is 0 Å². The summed E-state index contributed by atoms with van der Waals surface area (Å²) in [5.74, 6) is 0.762. The van der Waals surface area contributed by atoms with Crippen molar-refractivity contribution in [3.8, 4) is 0 Å². The molecule has 0 aromatic carbocycles. The lowest BCUT2D eigenvalue weighted by Gasteiger charge is -2.36. The lowest BCUT2D eigenvalue weighted by molar-refractivity contribution is 0.221. The molecule has 1 heterocycles. The fourth-order valence-corrected chi connectivity index (χ4v) is 5.63. The number of aromatic nitrogens is 1. The highest BCUT2D eigenvalue weighted by molar-refractivity contribution is 7.11. The summed E-state index contributed by atoms with van der Waals surface area (Å²) in [6.45, 7) is 6.90. The van der Waals surface area contributed by atoms with E-state index in [1.54, 1.807) is 4.88 Å². The lowest BCUT2D eigenvalue weighted by Crippen LogP contribution is -2.48. The zero-order valence-electron chi connectivity index (χ0n) is 13.2. The van der Waals surface area contributed by atoms with Crippen LogP contribution in [-0.2, 0) is 18.4 Å². The molecular weight excluding hydrogens is 264 g/mol. The molecule has 3 rings (SSSR count). The van der Waals surface area contributed by atoms with Gasteiger partial charge in [-0.15, -0.1) is 11.3 Å². The second kappa shape index (κ2) is 5.76. The van der Waals surface area contributed by atoms with Crippen molar-refractivity contribution in [2.45, 2.75) is 83.7 Å². The molecule has 0 spiro atoms. The maximum Gasteiger partial charge on any atom is 0.114 e. The zero-order chi connectivity index (χ0) is 14.2. The molecule has 0 bridgehead atoms. The second-order valence-corrected chi connectivity index (χ2v) is 7.95. The molecule has 2 atom stereocenters. The topological polar surface area (TPSA) is 24.9 Å². The number of fused-ring (bicyclic) bond motifs is 1. The summed E-state index contributed by atoms with van der Waals surface area (Å²) in [5.41, 5.74) is 1.59. The molecule has 1 aromatic heterocycles. The van der Waals surface area contributed by atoms with Crippen LogP contribution in [0.5, 0.6) is 0 Å². The van der Waals surface area contributed by atoms with Crippen molar-refractivity contribution in [3.63, 3.8) is 0 Å². The van der Waals surface area contributed by atoms with Gasteiger partial charge in [0, 0.05) is 10.9 Å². The van der Waals surface area contributed by atoms with Crippen molar-refractivity contribution in [1.82, 2.24) is 10.3 Å². The summed E-state index contributed by atoms with van der Waals surface area (Å²) in [6, 6.07) is 0.531. The van der Waals surface area contributed by atoms with Gasteiger partial charge < -0.3 is 5.32 Å². The third-order valence-electron chi connectivity index (χ3n) is 5.09. The molecule has 20 heavy (non-hydrogen) atoms. The summed E-state index contributed by atoms with van der Waals surface area (Å²) >= 11 is 2.02. The number of thiazole rings is 1. The van der Waals surface area contributed by atoms with Crippen LogP contribution >= 0.6 is 11.3 Å². The maximum absolute atomic E-state index is 5.11. The summed E-state index contributed by atoms with van der Waals surface area (Å²) in [7, 11) is 0. The van der Waals surface area contributed by atoms with E-state index in [4.69, 9.17) is 4.98 Å². The average Bonchev–Trinajstić information content (AvgIpc) is 3.01. The number of nitrogens with one attached hydrogen (secondary N) is 1. The fraction of sp³-hybridized carbons (Fsp3) is 0.824. The van der Waals surface area contributed by atoms with E-state index in [1.165, 1.54) is 62.1 Å². The van der Waals surface area contributed by atoms with Crippen LogP contribution in [0.4, 0.5) is 0 Å². The summed E-state index contributed by atoms with van der Waals surface area (Å²) in [4.78, 5) is 6.69. The van der Waals surface area contributed by atoms with Crippen molar-refractivity contribution in [2.24, 2.45) is 5.92 Å². The third kappa shape index (κ3) is 2.43. The third-order valence-corrected chi connectivity index (χ3v) is 6.42. The van der Waals surface area contributed by atoms with E-state index in [0.29, 0.717) is 6.04 Å². The van der Waals surface area contributed by atoms with Gasteiger partial charge in [0.15, 0.2) is 0 Å². The van der Waals surface area contributed by atoms with Crippen LogP contribution < -0.4 is 5.32 Å². The molecule has 0 amide bonds. The normalized spacial score (nSPS) is 29.9. The van der Waals surface area contributed by atoms with Gasteiger partial charge in [0.05, 0.1) is 11.2 Å². The zero-order valence-corrected chi connectivity index (χ0v) is 14.0. The highest BCUT2D eigenvalue weighted by Crippen LogP contribution is 2.47. The summed E-state index contributed by atoms with van der Waals surface area (Å²) < 4.78 is 0. The molecule has 1 saturated carbocycles. The average molecular weight is 292 g/mol. The Bertz CT molecular complexity index is 442. The molecule has 0 radical (unpaired) electrons. The molecule has 2 unspecified atom stereocenters. The minimum Gasteiger partial charge on any atom is -0.303 e. The smallest absolute Gasteiger partial charge is 0.114 e. The quantitative estimate of drug-likeness (QED) is 0.888. The Kier molecular flexibility index (Phi) is 4.19. The van der Waals surface area contributed by atoms with Crippen LogP contribution in [0.2, 0.25) is 0 Å². The largest absolute Gasteiger partial charge is 0.303 e. The Balaban J connectivity index is 1.98. The molecule has 112 valence electrons. The van der Waals surface area contributed by atoms with E-state index in [1.807, 2.05) is 11.3 Å². The maximum atomic E-state index is 5.11.